The first-order chi connectivity index (χ1) is 7.20. The zero-order valence-electron chi connectivity index (χ0n) is 9.41. The maximum Gasteiger partial charge on any atom is 0.0469 e. The molecule has 1 aromatic heterocycles. The molecule has 0 bridgehead atoms. The topological polar surface area (TPSA) is 12.9 Å². The lowest BCUT2D eigenvalue weighted by atomic mass is 9.78. The Morgan fingerprint density at radius 3 is 3.00 bits per heavy atom. The van der Waals surface area contributed by atoms with Crippen LogP contribution < -0.4 is 0 Å². The average molecular weight is 268 g/mol. The molecule has 0 amide bonds. The van der Waals surface area contributed by atoms with Crippen LogP contribution in [-0.4, -0.2) is 9.81 Å². The lowest BCUT2D eigenvalue weighted by Gasteiger charge is -2.30. The summed E-state index contributed by atoms with van der Waals surface area (Å²) in [5.74, 6) is 1.31. The summed E-state index contributed by atoms with van der Waals surface area (Å²) in [6.45, 7) is 4.57. The fourth-order valence-corrected chi connectivity index (χ4v) is 2.85. The number of hydrogen-bond donors (Lipinski definition) is 0. The third kappa shape index (κ3) is 2.25. The van der Waals surface area contributed by atoms with Gasteiger partial charge >= 0.3 is 0 Å². The van der Waals surface area contributed by atoms with Gasteiger partial charge in [0.05, 0.1) is 0 Å². The van der Waals surface area contributed by atoms with Crippen LogP contribution in [0.2, 0.25) is 0 Å². The van der Waals surface area contributed by atoms with E-state index in [-0.39, 0.29) is 0 Å². The van der Waals surface area contributed by atoms with Gasteiger partial charge in [0.15, 0.2) is 0 Å². The maximum atomic E-state index is 4.58. The largest absolute Gasteiger partial charge is 0.261 e. The van der Waals surface area contributed by atoms with Gasteiger partial charge < -0.3 is 0 Å². The van der Waals surface area contributed by atoms with Crippen molar-refractivity contribution >= 4 is 15.9 Å². The molecule has 0 aliphatic heterocycles. The Morgan fingerprint density at radius 1 is 1.47 bits per heavy atom. The molecule has 1 aromatic rings. The first kappa shape index (κ1) is 11.1. The van der Waals surface area contributed by atoms with Gasteiger partial charge in [0.1, 0.15) is 0 Å². The molecule has 0 spiro atoms. The van der Waals surface area contributed by atoms with Crippen molar-refractivity contribution < 1.29 is 0 Å². The SMILES string of the molecule is CC(Br)C(C)C1CCCc2cccnc21. The van der Waals surface area contributed by atoms with Crippen LogP contribution in [0.1, 0.15) is 43.9 Å². The summed E-state index contributed by atoms with van der Waals surface area (Å²) in [6, 6.07) is 4.30. The highest BCUT2D eigenvalue weighted by atomic mass is 79.9. The minimum atomic E-state index is 0.565. The molecule has 1 aliphatic rings. The molecule has 0 fully saturated rings. The predicted octanol–water partition coefficient (Wildman–Crippen LogP) is 3.92. The smallest absolute Gasteiger partial charge is 0.0469 e. The van der Waals surface area contributed by atoms with Crippen LogP contribution in [-0.2, 0) is 6.42 Å². The summed E-state index contributed by atoms with van der Waals surface area (Å²) >= 11 is 3.70. The highest BCUT2D eigenvalue weighted by Gasteiger charge is 2.28. The molecule has 3 unspecified atom stereocenters. The first-order valence-electron chi connectivity index (χ1n) is 5.78. The van der Waals surface area contributed by atoms with Gasteiger partial charge in [-0.25, -0.2) is 0 Å². The van der Waals surface area contributed by atoms with E-state index in [1.165, 1.54) is 30.5 Å². The quantitative estimate of drug-likeness (QED) is 0.741. The van der Waals surface area contributed by atoms with E-state index < -0.39 is 0 Å². The zero-order valence-corrected chi connectivity index (χ0v) is 11.0. The van der Waals surface area contributed by atoms with Gasteiger partial charge in [-0.2, -0.15) is 0 Å². The van der Waals surface area contributed by atoms with Gasteiger partial charge in [0.25, 0.3) is 0 Å². The lowest BCUT2D eigenvalue weighted by molar-refractivity contribution is 0.397. The Balaban J connectivity index is 2.29. The van der Waals surface area contributed by atoms with Crippen LogP contribution in [0.5, 0.6) is 0 Å². The highest BCUT2D eigenvalue weighted by Crippen LogP contribution is 2.38. The minimum Gasteiger partial charge on any atom is -0.261 e. The zero-order chi connectivity index (χ0) is 10.8. The Morgan fingerprint density at radius 2 is 2.27 bits per heavy atom. The van der Waals surface area contributed by atoms with Crippen molar-refractivity contribution in [2.45, 2.75) is 43.9 Å². The minimum absolute atomic E-state index is 0.565. The van der Waals surface area contributed by atoms with Crippen molar-refractivity contribution in [3.8, 4) is 0 Å². The maximum absolute atomic E-state index is 4.58. The molecular weight excluding hydrogens is 250 g/mol. The normalized spacial score (nSPS) is 24.3. The highest BCUT2D eigenvalue weighted by molar-refractivity contribution is 9.09. The average Bonchev–Trinajstić information content (AvgIpc) is 2.27. The number of aryl methyl sites for hydroxylation is 1. The van der Waals surface area contributed by atoms with Gasteiger partial charge in [-0.1, -0.05) is 35.8 Å². The van der Waals surface area contributed by atoms with Gasteiger partial charge in [-0.15, -0.1) is 0 Å². The number of nitrogens with zero attached hydrogens (tertiary/aromatic N) is 1. The van der Waals surface area contributed by atoms with Crippen molar-refractivity contribution in [2.24, 2.45) is 5.92 Å². The number of aromatic nitrogens is 1. The molecule has 82 valence electrons. The number of alkyl halides is 1. The van der Waals surface area contributed by atoms with Crippen molar-refractivity contribution in [2.75, 3.05) is 0 Å². The molecule has 15 heavy (non-hydrogen) atoms. The van der Waals surface area contributed by atoms with Crippen LogP contribution in [0, 0.1) is 5.92 Å². The fraction of sp³-hybridized carbons (Fsp3) is 0.615. The van der Waals surface area contributed by atoms with Crippen molar-refractivity contribution in [3.05, 3.63) is 29.6 Å². The molecule has 0 saturated carbocycles. The molecule has 1 nitrogen and oxygen atoms in total. The van der Waals surface area contributed by atoms with Gasteiger partial charge in [-0.3, -0.25) is 4.98 Å². The summed E-state index contributed by atoms with van der Waals surface area (Å²) in [6.07, 6.45) is 5.75. The number of fused-ring (bicyclic) bond motifs is 1. The Bertz CT molecular complexity index is 335. The standard InChI is InChI=1S/C13H18BrN/c1-9(10(2)14)12-7-3-5-11-6-4-8-15-13(11)12/h4,6,8-10,12H,3,5,7H2,1-2H3. The molecule has 0 saturated heterocycles. The van der Waals surface area contributed by atoms with Crippen LogP contribution in [0.25, 0.3) is 0 Å². The summed E-state index contributed by atoms with van der Waals surface area (Å²) < 4.78 is 0. The second-order valence-electron chi connectivity index (χ2n) is 4.58. The van der Waals surface area contributed by atoms with Gasteiger partial charge in [0.2, 0.25) is 0 Å². The molecule has 2 heteroatoms. The third-order valence-corrected chi connectivity index (χ3v) is 4.43. The summed E-state index contributed by atoms with van der Waals surface area (Å²) in [5.41, 5.74) is 2.82. The Labute approximate surface area is 100 Å². The predicted molar refractivity (Wildman–Crippen MR) is 67.5 cm³/mol. The van der Waals surface area contributed by atoms with Gasteiger partial charge in [0, 0.05) is 22.6 Å². The molecule has 2 rings (SSSR count). The fourth-order valence-electron chi connectivity index (χ4n) is 2.48. The van der Waals surface area contributed by atoms with E-state index in [0.717, 1.165) is 0 Å². The van der Waals surface area contributed by atoms with Crippen LogP contribution in [0.15, 0.2) is 18.3 Å². The first-order valence-corrected chi connectivity index (χ1v) is 6.69. The molecule has 0 N–H and O–H groups in total. The van der Waals surface area contributed by atoms with Crippen molar-refractivity contribution in [3.63, 3.8) is 0 Å². The molecule has 0 aromatic carbocycles. The van der Waals surface area contributed by atoms with E-state index in [1.807, 2.05) is 6.20 Å². The molecule has 0 radical (unpaired) electrons. The van der Waals surface area contributed by atoms with Gasteiger partial charge in [-0.05, 0) is 36.8 Å². The molecular formula is C13H18BrN. The summed E-state index contributed by atoms with van der Waals surface area (Å²) in [5, 5.41) is 0. The lowest BCUT2D eigenvalue weighted by Crippen LogP contribution is -2.22. The Hall–Kier alpha value is -0.370. The van der Waals surface area contributed by atoms with Crippen molar-refractivity contribution in [1.82, 2.24) is 4.98 Å². The molecule has 1 heterocycles. The van der Waals surface area contributed by atoms with Crippen LogP contribution in [0.3, 0.4) is 0 Å². The van der Waals surface area contributed by atoms with Crippen LogP contribution in [0.4, 0.5) is 0 Å². The molecule has 1 aliphatic carbocycles. The van der Waals surface area contributed by atoms with E-state index in [1.54, 1.807) is 0 Å². The Kier molecular flexibility index (Phi) is 3.45. The van der Waals surface area contributed by atoms with E-state index in [9.17, 15) is 0 Å². The van der Waals surface area contributed by atoms with E-state index >= 15 is 0 Å². The molecule has 3 atom stereocenters. The second-order valence-corrected chi connectivity index (χ2v) is 6.03. The third-order valence-electron chi connectivity index (χ3n) is 3.60. The monoisotopic (exact) mass is 267 g/mol. The number of pyridine rings is 1. The summed E-state index contributed by atoms with van der Waals surface area (Å²) in [7, 11) is 0. The second kappa shape index (κ2) is 4.65. The van der Waals surface area contributed by atoms with Crippen molar-refractivity contribution in [1.29, 1.82) is 0 Å². The van der Waals surface area contributed by atoms with E-state index in [2.05, 4.69) is 46.9 Å². The van der Waals surface area contributed by atoms with Crippen LogP contribution >= 0.6 is 15.9 Å². The summed E-state index contributed by atoms with van der Waals surface area (Å²) in [4.78, 5) is 5.15. The number of rotatable bonds is 2. The number of hydrogen-bond acceptors (Lipinski definition) is 1. The van der Waals surface area contributed by atoms with E-state index in [0.29, 0.717) is 16.7 Å². The number of halogens is 1. The van der Waals surface area contributed by atoms with E-state index in [4.69, 9.17) is 0 Å².